The molecule has 0 saturated heterocycles. The summed E-state index contributed by atoms with van der Waals surface area (Å²) in [6.45, 7) is 7.67. The molecule has 152 valence electrons. The third-order valence-corrected chi connectivity index (χ3v) is 4.32. The lowest BCUT2D eigenvalue weighted by atomic mass is 10.1. The maximum absolute atomic E-state index is 10.9. The zero-order valence-electron chi connectivity index (χ0n) is 16.3. The van der Waals surface area contributed by atoms with E-state index in [0.717, 1.165) is 22.2 Å². The van der Waals surface area contributed by atoms with Crippen LogP contribution in [0.25, 0.3) is 16.7 Å². The number of hydrogen-bond acceptors (Lipinski definition) is 8. The van der Waals surface area contributed by atoms with E-state index in [1.807, 2.05) is 32.0 Å². The van der Waals surface area contributed by atoms with E-state index in [9.17, 15) is 5.11 Å². The average molecular weight is 424 g/mol. The van der Waals surface area contributed by atoms with Crippen LogP contribution < -0.4 is 10.1 Å². The van der Waals surface area contributed by atoms with E-state index in [1.165, 1.54) is 4.80 Å². The van der Waals surface area contributed by atoms with Crippen molar-refractivity contribution in [1.82, 2.24) is 29.9 Å². The highest BCUT2D eigenvalue weighted by molar-refractivity contribution is 6.28. The number of halogens is 1. The Morgan fingerprint density at radius 2 is 1.90 bits per heavy atom. The summed E-state index contributed by atoms with van der Waals surface area (Å²) < 4.78 is 5.31. The fourth-order valence-electron chi connectivity index (χ4n) is 2.85. The molecular formula is C20H18ClN7O2. The number of hydrogen-bond donors (Lipinski definition) is 2. The van der Waals surface area contributed by atoms with E-state index in [4.69, 9.17) is 16.3 Å². The third kappa shape index (κ3) is 4.01. The Labute approximate surface area is 177 Å². The van der Waals surface area contributed by atoms with Gasteiger partial charge in [0.1, 0.15) is 23.3 Å². The standard InChI is InChI=1S/C20H18ClN7O2/c1-4-7-30-20-24-18(21)23-19(25-20)22-15-9-12(3)10-16(17(15)29)28-26-13-6-5-11(2)8-14(13)27-28/h4-6,8-10,29H,1,7H2,2-3H3,(H,22,23,24,25). The monoisotopic (exact) mass is 423 g/mol. The highest BCUT2D eigenvalue weighted by Gasteiger charge is 2.16. The van der Waals surface area contributed by atoms with E-state index in [2.05, 4.69) is 37.0 Å². The first-order chi connectivity index (χ1) is 14.4. The van der Waals surface area contributed by atoms with Crippen LogP contribution in [0.3, 0.4) is 0 Å². The van der Waals surface area contributed by atoms with Gasteiger partial charge in [0.15, 0.2) is 5.75 Å². The van der Waals surface area contributed by atoms with E-state index in [1.54, 1.807) is 18.2 Å². The maximum Gasteiger partial charge on any atom is 0.322 e. The lowest BCUT2D eigenvalue weighted by Gasteiger charge is -2.12. The number of phenolic OH excluding ortho intramolecular Hbond substituents is 1. The van der Waals surface area contributed by atoms with E-state index >= 15 is 0 Å². The predicted molar refractivity (Wildman–Crippen MR) is 114 cm³/mol. The quantitative estimate of drug-likeness (QED) is 0.355. The highest BCUT2D eigenvalue weighted by Crippen LogP contribution is 2.33. The van der Waals surface area contributed by atoms with Gasteiger partial charge >= 0.3 is 6.01 Å². The molecule has 2 N–H and O–H groups in total. The molecule has 10 heteroatoms. The molecule has 0 aliphatic rings. The Balaban J connectivity index is 1.72. The normalized spacial score (nSPS) is 10.9. The van der Waals surface area contributed by atoms with Gasteiger partial charge in [0.05, 0.1) is 5.69 Å². The molecule has 0 aliphatic heterocycles. The first-order valence-electron chi connectivity index (χ1n) is 9.03. The van der Waals surface area contributed by atoms with Crippen molar-refractivity contribution < 1.29 is 9.84 Å². The molecule has 9 nitrogen and oxygen atoms in total. The molecule has 0 amide bonds. The topological polar surface area (TPSA) is 111 Å². The molecule has 0 radical (unpaired) electrons. The van der Waals surface area contributed by atoms with Crippen molar-refractivity contribution in [2.45, 2.75) is 13.8 Å². The van der Waals surface area contributed by atoms with Crippen LogP contribution in [0.1, 0.15) is 11.1 Å². The Morgan fingerprint density at radius 3 is 2.70 bits per heavy atom. The molecule has 0 bridgehead atoms. The number of phenols is 1. The Bertz CT molecular complexity index is 1260. The number of anilines is 2. The van der Waals surface area contributed by atoms with Gasteiger partial charge in [0.25, 0.3) is 0 Å². The Kier molecular flexibility index (Phi) is 5.20. The molecule has 2 heterocycles. The van der Waals surface area contributed by atoms with Crippen LogP contribution in [0, 0.1) is 13.8 Å². The third-order valence-electron chi connectivity index (χ3n) is 4.15. The van der Waals surface area contributed by atoms with Crippen molar-refractivity contribution in [2.24, 2.45) is 0 Å². The van der Waals surface area contributed by atoms with Gasteiger partial charge in [0.2, 0.25) is 11.2 Å². The Hall–Kier alpha value is -3.72. The predicted octanol–water partition coefficient (Wildman–Crippen LogP) is 3.89. The number of rotatable bonds is 6. The highest BCUT2D eigenvalue weighted by atomic mass is 35.5. The molecule has 0 atom stereocenters. The maximum atomic E-state index is 10.9. The van der Waals surface area contributed by atoms with Crippen molar-refractivity contribution in [3.05, 3.63) is 59.4 Å². The van der Waals surface area contributed by atoms with Gasteiger partial charge < -0.3 is 15.2 Å². The number of aryl methyl sites for hydroxylation is 2. The van der Waals surface area contributed by atoms with Gasteiger partial charge in [-0.05, 0) is 60.8 Å². The minimum absolute atomic E-state index is 0.0418. The van der Waals surface area contributed by atoms with Crippen molar-refractivity contribution in [3.63, 3.8) is 0 Å². The fourth-order valence-corrected chi connectivity index (χ4v) is 3.00. The van der Waals surface area contributed by atoms with E-state index < -0.39 is 0 Å². The van der Waals surface area contributed by atoms with Crippen molar-refractivity contribution in [3.8, 4) is 17.4 Å². The van der Waals surface area contributed by atoms with Crippen LogP contribution in [0.15, 0.2) is 43.0 Å². The molecule has 2 aromatic heterocycles. The second kappa shape index (κ2) is 7.96. The van der Waals surface area contributed by atoms with Crippen LogP contribution in [0.2, 0.25) is 5.28 Å². The SMILES string of the molecule is C=CCOc1nc(Cl)nc(Nc2cc(C)cc(-n3nc4ccc(C)cc4n3)c2O)n1. The summed E-state index contributed by atoms with van der Waals surface area (Å²) in [6.07, 6.45) is 1.56. The minimum Gasteiger partial charge on any atom is -0.504 e. The summed E-state index contributed by atoms with van der Waals surface area (Å²) >= 11 is 5.96. The van der Waals surface area contributed by atoms with Crippen LogP contribution in [-0.4, -0.2) is 41.7 Å². The summed E-state index contributed by atoms with van der Waals surface area (Å²) in [5.74, 6) is 0.0536. The molecule has 4 rings (SSSR count). The lowest BCUT2D eigenvalue weighted by molar-refractivity contribution is 0.332. The number of aromatic nitrogens is 6. The molecule has 0 unspecified atom stereocenters. The zero-order chi connectivity index (χ0) is 21.3. The summed E-state index contributed by atoms with van der Waals surface area (Å²) in [4.78, 5) is 13.5. The molecule has 30 heavy (non-hydrogen) atoms. The largest absolute Gasteiger partial charge is 0.504 e. The van der Waals surface area contributed by atoms with Crippen LogP contribution in [0.4, 0.5) is 11.6 Å². The van der Waals surface area contributed by atoms with Crippen molar-refractivity contribution in [1.29, 1.82) is 0 Å². The number of ether oxygens (including phenoxy) is 1. The second-order valence-corrected chi connectivity index (χ2v) is 6.94. The van der Waals surface area contributed by atoms with Gasteiger partial charge in [-0.1, -0.05) is 18.7 Å². The van der Waals surface area contributed by atoms with Crippen molar-refractivity contribution >= 4 is 34.3 Å². The minimum atomic E-state index is -0.0669. The Morgan fingerprint density at radius 1 is 1.10 bits per heavy atom. The summed E-state index contributed by atoms with van der Waals surface area (Å²) in [6, 6.07) is 9.35. The molecule has 4 aromatic rings. The van der Waals surface area contributed by atoms with E-state index in [0.29, 0.717) is 11.4 Å². The van der Waals surface area contributed by atoms with Gasteiger partial charge in [-0.25, -0.2) is 0 Å². The summed E-state index contributed by atoms with van der Waals surface area (Å²) in [5, 5.41) is 22.7. The van der Waals surface area contributed by atoms with Gasteiger partial charge in [-0.15, -0.1) is 15.0 Å². The first kappa shape index (κ1) is 19.6. The van der Waals surface area contributed by atoms with Gasteiger partial charge in [-0.3, -0.25) is 0 Å². The first-order valence-corrected chi connectivity index (χ1v) is 9.41. The molecule has 0 spiro atoms. The van der Waals surface area contributed by atoms with Gasteiger partial charge in [-0.2, -0.15) is 15.0 Å². The number of fused-ring (bicyclic) bond motifs is 1. The lowest BCUT2D eigenvalue weighted by Crippen LogP contribution is -2.06. The summed E-state index contributed by atoms with van der Waals surface area (Å²) in [5.41, 5.74) is 4.18. The molecule has 2 aromatic carbocycles. The van der Waals surface area contributed by atoms with Crippen LogP contribution in [-0.2, 0) is 0 Å². The molecule has 0 saturated carbocycles. The van der Waals surface area contributed by atoms with Crippen LogP contribution >= 0.6 is 11.6 Å². The van der Waals surface area contributed by atoms with E-state index in [-0.39, 0.29) is 29.6 Å². The smallest absolute Gasteiger partial charge is 0.322 e. The average Bonchev–Trinajstić information content (AvgIpc) is 3.11. The molecule has 0 fully saturated rings. The van der Waals surface area contributed by atoms with Gasteiger partial charge in [0, 0.05) is 0 Å². The molecular weight excluding hydrogens is 406 g/mol. The second-order valence-electron chi connectivity index (χ2n) is 6.60. The zero-order valence-corrected chi connectivity index (χ0v) is 17.1. The van der Waals surface area contributed by atoms with Crippen molar-refractivity contribution in [2.75, 3.05) is 11.9 Å². The summed E-state index contributed by atoms with van der Waals surface area (Å²) in [7, 11) is 0. The number of nitrogens with zero attached hydrogens (tertiary/aromatic N) is 6. The van der Waals surface area contributed by atoms with Crippen LogP contribution in [0.5, 0.6) is 11.8 Å². The molecule has 0 aliphatic carbocycles. The number of benzene rings is 2. The number of aromatic hydroxyl groups is 1. The fraction of sp³-hybridized carbons (Fsp3) is 0.150. The number of nitrogens with one attached hydrogen (secondary N) is 1.